The number of nitrogens with zero attached hydrogens (tertiary/aromatic N) is 1. The SMILES string of the molecule is COc1nc(C=O)ccc1OCC(F)(F)C1CC1. The standard InChI is InChI=1S/C12H13F2NO3/c1-17-11-10(5-4-9(6-16)15-11)18-7-12(13,14)8-2-3-8/h4-6,8H,2-3,7H2,1H3. The number of aromatic nitrogens is 1. The van der Waals surface area contributed by atoms with Gasteiger partial charge in [0.05, 0.1) is 7.11 Å². The molecule has 0 bridgehead atoms. The third kappa shape index (κ3) is 2.75. The smallest absolute Gasteiger partial charge is 0.284 e. The Bertz CT molecular complexity index is 447. The van der Waals surface area contributed by atoms with Gasteiger partial charge in [0, 0.05) is 5.92 Å². The summed E-state index contributed by atoms with van der Waals surface area (Å²) in [6.07, 6.45) is 1.62. The molecule has 1 heterocycles. The molecular formula is C12H13F2NO3. The van der Waals surface area contributed by atoms with E-state index in [1.54, 1.807) is 0 Å². The minimum atomic E-state index is -2.83. The predicted octanol–water partition coefficient (Wildman–Crippen LogP) is 2.33. The molecule has 0 saturated heterocycles. The molecule has 0 amide bonds. The lowest BCUT2D eigenvalue weighted by Crippen LogP contribution is -2.28. The number of halogens is 2. The second kappa shape index (κ2) is 4.88. The molecule has 1 fully saturated rings. The molecule has 0 aliphatic heterocycles. The van der Waals surface area contributed by atoms with E-state index in [0.29, 0.717) is 19.1 Å². The number of aldehydes is 1. The lowest BCUT2D eigenvalue weighted by molar-refractivity contribution is -0.0607. The lowest BCUT2D eigenvalue weighted by Gasteiger charge is -2.17. The Balaban J connectivity index is 2.06. The van der Waals surface area contributed by atoms with Gasteiger partial charge in [-0.15, -0.1) is 0 Å². The molecule has 1 aromatic rings. The van der Waals surface area contributed by atoms with Crippen molar-refractivity contribution in [2.45, 2.75) is 18.8 Å². The summed E-state index contributed by atoms with van der Waals surface area (Å²) >= 11 is 0. The van der Waals surface area contributed by atoms with Crippen molar-refractivity contribution < 1.29 is 23.0 Å². The number of carbonyl (C=O) groups excluding carboxylic acids is 1. The van der Waals surface area contributed by atoms with Gasteiger partial charge in [-0.1, -0.05) is 0 Å². The summed E-state index contributed by atoms with van der Waals surface area (Å²) in [5, 5.41) is 0. The van der Waals surface area contributed by atoms with Crippen LogP contribution in [0.25, 0.3) is 0 Å². The van der Waals surface area contributed by atoms with Crippen LogP contribution in [-0.2, 0) is 0 Å². The maximum absolute atomic E-state index is 13.4. The Kier molecular flexibility index (Phi) is 3.45. The summed E-state index contributed by atoms with van der Waals surface area (Å²) in [6.45, 7) is -0.698. The molecule has 0 spiro atoms. The van der Waals surface area contributed by atoms with Crippen molar-refractivity contribution in [3.63, 3.8) is 0 Å². The zero-order chi connectivity index (χ0) is 13.2. The number of hydrogen-bond acceptors (Lipinski definition) is 4. The maximum atomic E-state index is 13.4. The molecule has 18 heavy (non-hydrogen) atoms. The van der Waals surface area contributed by atoms with Gasteiger partial charge in [0.1, 0.15) is 5.69 Å². The summed E-state index contributed by atoms with van der Waals surface area (Å²) < 4.78 is 36.8. The minimum absolute atomic E-state index is 0.0335. The Hall–Kier alpha value is -1.72. The Morgan fingerprint density at radius 1 is 1.50 bits per heavy atom. The fourth-order valence-corrected chi connectivity index (χ4v) is 1.56. The third-order valence-electron chi connectivity index (χ3n) is 2.76. The van der Waals surface area contributed by atoms with Gasteiger partial charge in [-0.05, 0) is 25.0 Å². The summed E-state index contributed by atoms with van der Waals surface area (Å²) in [5.74, 6) is -3.26. The molecule has 0 aromatic carbocycles. The average molecular weight is 257 g/mol. The lowest BCUT2D eigenvalue weighted by atomic mass is 10.2. The first-order valence-corrected chi connectivity index (χ1v) is 5.57. The van der Waals surface area contributed by atoms with Gasteiger partial charge >= 0.3 is 0 Å². The fraction of sp³-hybridized carbons (Fsp3) is 0.500. The van der Waals surface area contributed by atoms with Crippen LogP contribution in [0, 0.1) is 5.92 Å². The Labute approximate surface area is 103 Å². The van der Waals surface area contributed by atoms with E-state index in [4.69, 9.17) is 9.47 Å². The van der Waals surface area contributed by atoms with Crippen LogP contribution in [0.5, 0.6) is 11.6 Å². The van der Waals surface area contributed by atoms with Crippen molar-refractivity contribution in [1.82, 2.24) is 4.98 Å². The number of methoxy groups -OCH3 is 1. The van der Waals surface area contributed by atoms with Crippen LogP contribution in [-0.4, -0.2) is 30.9 Å². The molecule has 0 N–H and O–H groups in total. The van der Waals surface area contributed by atoms with Crippen LogP contribution in [0.15, 0.2) is 12.1 Å². The van der Waals surface area contributed by atoms with Gasteiger partial charge < -0.3 is 9.47 Å². The van der Waals surface area contributed by atoms with Crippen LogP contribution in [0.1, 0.15) is 23.3 Å². The predicted molar refractivity (Wildman–Crippen MR) is 59.3 cm³/mol. The highest BCUT2D eigenvalue weighted by atomic mass is 19.3. The van der Waals surface area contributed by atoms with Gasteiger partial charge in [0.2, 0.25) is 0 Å². The molecular weight excluding hydrogens is 244 g/mol. The van der Waals surface area contributed by atoms with Crippen LogP contribution in [0.3, 0.4) is 0 Å². The van der Waals surface area contributed by atoms with Crippen molar-refractivity contribution >= 4 is 6.29 Å². The molecule has 0 radical (unpaired) electrons. The Morgan fingerprint density at radius 2 is 2.22 bits per heavy atom. The van der Waals surface area contributed by atoms with E-state index in [9.17, 15) is 13.6 Å². The molecule has 6 heteroatoms. The van der Waals surface area contributed by atoms with Crippen molar-refractivity contribution in [1.29, 1.82) is 0 Å². The summed E-state index contributed by atoms with van der Waals surface area (Å²) in [6, 6.07) is 2.79. The normalized spacial score (nSPS) is 15.3. The zero-order valence-corrected chi connectivity index (χ0v) is 9.86. The average Bonchev–Trinajstić information content (AvgIpc) is 3.20. The second-order valence-electron chi connectivity index (χ2n) is 4.19. The highest BCUT2D eigenvalue weighted by Gasteiger charge is 2.47. The number of pyridine rings is 1. The summed E-state index contributed by atoms with van der Waals surface area (Å²) in [5.41, 5.74) is 0.160. The first kappa shape index (κ1) is 12.7. The highest BCUT2D eigenvalue weighted by molar-refractivity contribution is 5.72. The molecule has 2 rings (SSSR count). The quantitative estimate of drug-likeness (QED) is 0.734. The molecule has 1 aliphatic carbocycles. The van der Waals surface area contributed by atoms with E-state index in [2.05, 4.69) is 4.98 Å². The number of hydrogen-bond donors (Lipinski definition) is 0. The largest absolute Gasteiger partial charge is 0.482 e. The molecule has 1 aliphatic rings. The molecule has 0 unspecified atom stereocenters. The van der Waals surface area contributed by atoms with Gasteiger partial charge in [0.25, 0.3) is 11.8 Å². The number of ether oxygens (including phenoxy) is 2. The van der Waals surface area contributed by atoms with E-state index in [1.807, 2.05) is 0 Å². The second-order valence-corrected chi connectivity index (χ2v) is 4.19. The number of carbonyl (C=O) groups is 1. The number of alkyl halides is 2. The monoisotopic (exact) mass is 257 g/mol. The topological polar surface area (TPSA) is 48.4 Å². The maximum Gasteiger partial charge on any atom is 0.284 e. The van der Waals surface area contributed by atoms with E-state index in [1.165, 1.54) is 19.2 Å². The molecule has 1 saturated carbocycles. The summed E-state index contributed by atoms with van der Waals surface area (Å²) in [7, 11) is 1.34. The van der Waals surface area contributed by atoms with E-state index < -0.39 is 18.4 Å². The van der Waals surface area contributed by atoms with Crippen LogP contribution in [0.2, 0.25) is 0 Å². The molecule has 0 atom stereocenters. The van der Waals surface area contributed by atoms with Gasteiger partial charge in [-0.3, -0.25) is 4.79 Å². The van der Waals surface area contributed by atoms with Crippen molar-refractivity contribution in [3.05, 3.63) is 17.8 Å². The van der Waals surface area contributed by atoms with Crippen molar-refractivity contribution in [2.75, 3.05) is 13.7 Å². The third-order valence-corrected chi connectivity index (χ3v) is 2.76. The van der Waals surface area contributed by atoms with Crippen LogP contribution < -0.4 is 9.47 Å². The van der Waals surface area contributed by atoms with Gasteiger partial charge in [-0.2, -0.15) is 0 Å². The first-order chi connectivity index (χ1) is 8.56. The van der Waals surface area contributed by atoms with Crippen molar-refractivity contribution in [3.8, 4) is 11.6 Å². The molecule has 98 valence electrons. The Morgan fingerprint density at radius 3 is 2.78 bits per heavy atom. The van der Waals surface area contributed by atoms with Crippen molar-refractivity contribution in [2.24, 2.45) is 5.92 Å². The molecule has 1 aromatic heterocycles. The zero-order valence-electron chi connectivity index (χ0n) is 9.86. The van der Waals surface area contributed by atoms with Gasteiger partial charge in [0.15, 0.2) is 18.6 Å². The minimum Gasteiger partial charge on any atom is -0.482 e. The summed E-state index contributed by atoms with van der Waals surface area (Å²) in [4.78, 5) is 14.3. The van der Waals surface area contributed by atoms with E-state index in [-0.39, 0.29) is 17.3 Å². The first-order valence-electron chi connectivity index (χ1n) is 5.57. The fourth-order valence-electron chi connectivity index (χ4n) is 1.56. The van der Waals surface area contributed by atoms with Crippen LogP contribution >= 0.6 is 0 Å². The van der Waals surface area contributed by atoms with E-state index in [0.717, 1.165) is 0 Å². The number of rotatable bonds is 6. The van der Waals surface area contributed by atoms with E-state index >= 15 is 0 Å². The highest BCUT2D eigenvalue weighted by Crippen LogP contribution is 2.43. The van der Waals surface area contributed by atoms with Gasteiger partial charge in [-0.25, -0.2) is 13.8 Å². The van der Waals surface area contributed by atoms with Crippen LogP contribution in [0.4, 0.5) is 8.78 Å². The molecule has 4 nitrogen and oxygen atoms in total.